The molecule has 0 N–H and O–H groups in total. The zero-order valence-corrected chi connectivity index (χ0v) is 9.70. The van der Waals surface area contributed by atoms with E-state index in [-0.39, 0.29) is 0 Å². The third-order valence-electron chi connectivity index (χ3n) is 2.45. The van der Waals surface area contributed by atoms with Crippen LogP contribution >= 0.6 is 0 Å². The van der Waals surface area contributed by atoms with Crippen LogP contribution in [0.15, 0.2) is 48.5 Å². The summed E-state index contributed by atoms with van der Waals surface area (Å²) in [5, 5.41) is 0. The Morgan fingerprint density at radius 2 is 1.12 bits per heavy atom. The van der Waals surface area contributed by atoms with Crippen molar-refractivity contribution in [2.45, 2.75) is 6.92 Å². The van der Waals surface area contributed by atoms with Crippen LogP contribution in [0.25, 0.3) is 0 Å². The molecule has 0 radical (unpaired) electrons. The molecule has 0 heteroatoms. The molecule has 2 aromatic rings. The molecule has 0 aliphatic rings. The maximum Gasteiger partial charge on any atom is 0.0249 e. The van der Waals surface area contributed by atoms with Gasteiger partial charge in [-0.3, -0.25) is 0 Å². The minimum absolute atomic E-state index is 0.880. The zero-order chi connectivity index (χ0) is 12.1. The van der Waals surface area contributed by atoms with E-state index in [1.807, 2.05) is 36.4 Å². The van der Waals surface area contributed by atoms with Crippen LogP contribution in [0.2, 0.25) is 0 Å². The molecule has 2 rings (SSSR count). The standard InChI is InChI=1S/C17H12/c1-3-15-8-10-17(11-9-15)13-12-16-6-4-14(2)5-7-16/h1,4-11H,2H3. The molecule has 0 unspecified atom stereocenters. The highest BCUT2D eigenvalue weighted by atomic mass is 13.9. The number of rotatable bonds is 0. The number of terminal acetylenes is 1. The third-order valence-corrected chi connectivity index (χ3v) is 2.45. The Bertz CT molecular complexity index is 596. The molecule has 0 heterocycles. The van der Waals surface area contributed by atoms with Crippen molar-refractivity contribution in [3.8, 4) is 24.2 Å². The SMILES string of the molecule is C#Cc1ccc(C#Cc2ccc(C)cc2)cc1. The van der Waals surface area contributed by atoms with E-state index in [2.05, 4.69) is 36.8 Å². The third kappa shape index (κ3) is 3.00. The summed E-state index contributed by atoms with van der Waals surface area (Å²) in [6.07, 6.45) is 5.29. The van der Waals surface area contributed by atoms with Gasteiger partial charge in [0, 0.05) is 16.7 Å². The second kappa shape index (κ2) is 5.06. The fourth-order valence-electron chi connectivity index (χ4n) is 1.43. The van der Waals surface area contributed by atoms with E-state index in [0.29, 0.717) is 0 Å². The lowest BCUT2D eigenvalue weighted by molar-refractivity contribution is 1.46. The Morgan fingerprint density at radius 1 is 0.706 bits per heavy atom. The molecule has 17 heavy (non-hydrogen) atoms. The van der Waals surface area contributed by atoms with E-state index in [0.717, 1.165) is 16.7 Å². The van der Waals surface area contributed by atoms with Crippen LogP contribution in [-0.4, -0.2) is 0 Å². The van der Waals surface area contributed by atoms with Crippen molar-refractivity contribution in [1.82, 2.24) is 0 Å². The summed E-state index contributed by atoms with van der Waals surface area (Å²) < 4.78 is 0. The lowest BCUT2D eigenvalue weighted by Crippen LogP contribution is -1.78. The highest BCUT2D eigenvalue weighted by Crippen LogP contribution is 2.04. The lowest BCUT2D eigenvalue weighted by Gasteiger charge is -1.93. The Morgan fingerprint density at radius 3 is 1.59 bits per heavy atom. The first-order valence-corrected chi connectivity index (χ1v) is 5.43. The molecule has 0 aliphatic heterocycles. The first-order chi connectivity index (χ1) is 8.28. The van der Waals surface area contributed by atoms with Crippen LogP contribution < -0.4 is 0 Å². The Kier molecular flexibility index (Phi) is 3.29. The molecule has 0 atom stereocenters. The summed E-state index contributed by atoms with van der Waals surface area (Å²) in [5.74, 6) is 8.82. The van der Waals surface area contributed by atoms with Crippen LogP contribution in [0.5, 0.6) is 0 Å². The average Bonchev–Trinajstić information content (AvgIpc) is 2.39. The van der Waals surface area contributed by atoms with Crippen molar-refractivity contribution in [2.75, 3.05) is 0 Å². The largest absolute Gasteiger partial charge is 0.115 e. The molecule has 0 spiro atoms. The van der Waals surface area contributed by atoms with Crippen LogP contribution in [0, 0.1) is 31.1 Å². The van der Waals surface area contributed by atoms with Gasteiger partial charge in [-0.25, -0.2) is 0 Å². The molecule has 0 fully saturated rings. The normalized spacial score (nSPS) is 8.94. The predicted octanol–water partition coefficient (Wildman–Crippen LogP) is 3.38. The Labute approximate surface area is 102 Å². The fraction of sp³-hybridized carbons (Fsp3) is 0.0588. The van der Waals surface area contributed by atoms with Crippen molar-refractivity contribution in [2.24, 2.45) is 0 Å². The van der Waals surface area contributed by atoms with Gasteiger partial charge in [-0.2, -0.15) is 0 Å². The number of aryl methyl sites for hydroxylation is 1. The summed E-state index contributed by atoms with van der Waals surface area (Å²) in [6.45, 7) is 2.07. The van der Waals surface area contributed by atoms with Crippen molar-refractivity contribution in [3.05, 3.63) is 70.8 Å². The maximum absolute atomic E-state index is 5.29. The van der Waals surface area contributed by atoms with Gasteiger partial charge in [0.15, 0.2) is 0 Å². The molecule has 0 aliphatic carbocycles. The van der Waals surface area contributed by atoms with Gasteiger partial charge in [-0.1, -0.05) is 35.5 Å². The molecular weight excluding hydrogens is 204 g/mol. The van der Waals surface area contributed by atoms with E-state index >= 15 is 0 Å². The molecule has 0 amide bonds. The van der Waals surface area contributed by atoms with Gasteiger partial charge in [-0.15, -0.1) is 6.42 Å². The van der Waals surface area contributed by atoms with Crippen molar-refractivity contribution in [1.29, 1.82) is 0 Å². The van der Waals surface area contributed by atoms with Gasteiger partial charge in [0.1, 0.15) is 0 Å². The summed E-state index contributed by atoms with van der Waals surface area (Å²) in [5.41, 5.74) is 4.13. The fourth-order valence-corrected chi connectivity index (χ4v) is 1.43. The van der Waals surface area contributed by atoms with Gasteiger partial charge >= 0.3 is 0 Å². The van der Waals surface area contributed by atoms with Crippen LogP contribution in [0.4, 0.5) is 0 Å². The maximum atomic E-state index is 5.29. The van der Waals surface area contributed by atoms with E-state index in [9.17, 15) is 0 Å². The number of hydrogen-bond acceptors (Lipinski definition) is 0. The highest BCUT2D eigenvalue weighted by molar-refractivity contribution is 5.45. The van der Waals surface area contributed by atoms with E-state index in [1.165, 1.54) is 5.56 Å². The summed E-state index contributed by atoms with van der Waals surface area (Å²) >= 11 is 0. The van der Waals surface area contributed by atoms with Crippen LogP contribution in [0.1, 0.15) is 22.3 Å². The minimum atomic E-state index is 0.880. The molecule has 2 aromatic carbocycles. The second-order valence-electron chi connectivity index (χ2n) is 3.84. The van der Waals surface area contributed by atoms with Gasteiger partial charge in [0.25, 0.3) is 0 Å². The first-order valence-electron chi connectivity index (χ1n) is 5.43. The van der Waals surface area contributed by atoms with Crippen molar-refractivity contribution < 1.29 is 0 Å². The number of hydrogen-bond donors (Lipinski definition) is 0. The van der Waals surface area contributed by atoms with Gasteiger partial charge in [0.2, 0.25) is 0 Å². The van der Waals surface area contributed by atoms with E-state index in [4.69, 9.17) is 6.42 Å². The van der Waals surface area contributed by atoms with Crippen molar-refractivity contribution >= 4 is 0 Å². The second-order valence-corrected chi connectivity index (χ2v) is 3.84. The van der Waals surface area contributed by atoms with E-state index in [1.54, 1.807) is 0 Å². The molecule has 0 saturated heterocycles. The zero-order valence-electron chi connectivity index (χ0n) is 9.70. The molecule has 80 valence electrons. The first kappa shape index (κ1) is 11.1. The summed E-state index contributed by atoms with van der Waals surface area (Å²) in [6, 6.07) is 15.9. The predicted molar refractivity (Wildman–Crippen MR) is 71.5 cm³/mol. The quantitative estimate of drug-likeness (QED) is 0.592. The minimum Gasteiger partial charge on any atom is -0.115 e. The molecule has 0 nitrogen and oxygen atoms in total. The lowest BCUT2D eigenvalue weighted by atomic mass is 10.1. The van der Waals surface area contributed by atoms with Gasteiger partial charge in [0.05, 0.1) is 0 Å². The Balaban J connectivity index is 2.21. The molecule has 0 bridgehead atoms. The monoisotopic (exact) mass is 216 g/mol. The highest BCUT2D eigenvalue weighted by Gasteiger charge is 1.89. The van der Waals surface area contributed by atoms with E-state index < -0.39 is 0 Å². The Hall–Kier alpha value is -2.44. The summed E-state index contributed by atoms with van der Waals surface area (Å²) in [7, 11) is 0. The topological polar surface area (TPSA) is 0 Å². The molecule has 0 aromatic heterocycles. The number of benzene rings is 2. The average molecular weight is 216 g/mol. The summed E-state index contributed by atoms with van der Waals surface area (Å²) in [4.78, 5) is 0. The van der Waals surface area contributed by atoms with Crippen LogP contribution in [-0.2, 0) is 0 Å². The smallest absolute Gasteiger partial charge is 0.0249 e. The van der Waals surface area contributed by atoms with Crippen LogP contribution in [0.3, 0.4) is 0 Å². The molecule has 0 saturated carbocycles. The molecular formula is C17H12. The van der Waals surface area contributed by atoms with Gasteiger partial charge < -0.3 is 0 Å². The van der Waals surface area contributed by atoms with Crippen molar-refractivity contribution in [3.63, 3.8) is 0 Å². The van der Waals surface area contributed by atoms with Gasteiger partial charge in [-0.05, 0) is 43.3 Å².